The number of piperidine rings is 1. The number of rotatable bonds is 8. The summed E-state index contributed by atoms with van der Waals surface area (Å²) in [6.45, 7) is 6.19. The van der Waals surface area contributed by atoms with E-state index < -0.39 is 0 Å². The number of likely N-dealkylation sites (tertiary alicyclic amines) is 1. The first-order valence-electron chi connectivity index (χ1n) is 12.0. The monoisotopic (exact) mass is 449 g/mol. The van der Waals surface area contributed by atoms with Gasteiger partial charge in [0.15, 0.2) is 0 Å². The number of nitrogens with zero attached hydrogens (tertiary/aromatic N) is 3. The van der Waals surface area contributed by atoms with Gasteiger partial charge in [-0.2, -0.15) is 0 Å². The van der Waals surface area contributed by atoms with Gasteiger partial charge >= 0.3 is 0 Å². The molecule has 33 heavy (non-hydrogen) atoms. The maximum absolute atomic E-state index is 12.6. The zero-order chi connectivity index (χ0) is 23.0. The second kappa shape index (κ2) is 11.3. The van der Waals surface area contributed by atoms with Crippen molar-refractivity contribution in [2.45, 2.75) is 38.3 Å². The molecule has 0 radical (unpaired) electrons. The third-order valence-electron chi connectivity index (χ3n) is 6.67. The van der Waals surface area contributed by atoms with Crippen molar-refractivity contribution in [3.63, 3.8) is 0 Å². The minimum Gasteiger partial charge on any atom is -0.370 e. The standard InChI is InChI=1S/C26H35N5O2/c27-25(32)18-24-8-4-5-13-31(24)20-26(33)28-22-9-11-23(12-10-22)30-16-14-29(15-17-30)19-21-6-2-1-3-7-21/h1-3,6-7,9-12,24H,4-5,8,13-20H2,(H2,27,32)(H,28,33). The van der Waals surface area contributed by atoms with E-state index in [1.165, 1.54) is 11.3 Å². The van der Waals surface area contributed by atoms with Gasteiger partial charge in [0.05, 0.1) is 6.54 Å². The van der Waals surface area contributed by atoms with Crippen molar-refractivity contribution >= 4 is 23.2 Å². The van der Waals surface area contributed by atoms with Crippen LogP contribution in [0.15, 0.2) is 54.6 Å². The first kappa shape index (κ1) is 23.3. The molecule has 176 valence electrons. The van der Waals surface area contributed by atoms with E-state index in [1.807, 2.05) is 12.1 Å². The molecule has 2 aromatic rings. The summed E-state index contributed by atoms with van der Waals surface area (Å²) in [7, 11) is 0. The van der Waals surface area contributed by atoms with Crippen molar-refractivity contribution in [3.05, 3.63) is 60.2 Å². The van der Waals surface area contributed by atoms with Crippen molar-refractivity contribution in [1.82, 2.24) is 9.80 Å². The quantitative estimate of drug-likeness (QED) is 0.648. The Morgan fingerprint density at radius 1 is 0.909 bits per heavy atom. The van der Waals surface area contributed by atoms with Crippen LogP contribution in [0.1, 0.15) is 31.2 Å². The lowest BCUT2D eigenvalue weighted by atomic mass is 9.99. The smallest absolute Gasteiger partial charge is 0.238 e. The van der Waals surface area contributed by atoms with E-state index in [0.29, 0.717) is 13.0 Å². The maximum Gasteiger partial charge on any atom is 0.238 e. The van der Waals surface area contributed by atoms with Crippen LogP contribution in [0.3, 0.4) is 0 Å². The molecule has 2 saturated heterocycles. The highest BCUT2D eigenvalue weighted by Gasteiger charge is 2.25. The number of nitrogens with two attached hydrogens (primary N) is 1. The second-order valence-electron chi connectivity index (χ2n) is 9.13. The topological polar surface area (TPSA) is 81.9 Å². The number of hydrogen-bond donors (Lipinski definition) is 2. The van der Waals surface area contributed by atoms with Crippen LogP contribution in [-0.2, 0) is 16.1 Å². The van der Waals surface area contributed by atoms with Gasteiger partial charge in [-0.3, -0.25) is 19.4 Å². The molecule has 1 atom stereocenters. The predicted molar refractivity (Wildman–Crippen MR) is 132 cm³/mol. The molecule has 2 aliphatic rings. The lowest BCUT2D eigenvalue weighted by Crippen LogP contribution is -2.46. The molecule has 2 fully saturated rings. The van der Waals surface area contributed by atoms with Gasteiger partial charge in [0, 0.05) is 56.6 Å². The summed E-state index contributed by atoms with van der Waals surface area (Å²) in [5.74, 6) is -0.350. The Balaban J connectivity index is 1.24. The lowest BCUT2D eigenvalue weighted by molar-refractivity contribution is -0.122. The van der Waals surface area contributed by atoms with Gasteiger partial charge in [-0.1, -0.05) is 36.8 Å². The number of carbonyl (C=O) groups excluding carboxylic acids is 2. The molecule has 7 heteroatoms. The average Bonchev–Trinajstić information content (AvgIpc) is 2.82. The molecular formula is C26H35N5O2. The Morgan fingerprint density at radius 3 is 2.33 bits per heavy atom. The number of anilines is 2. The van der Waals surface area contributed by atoms with Gasteiger partial charge < -0.3 is 16.0 Å². The normalized spacial score (nSPS) is 19.9. The Morgan fingerprint density at radius 2 is 1.64 bits per heavy atom. The Labute approximate surface area is 196 Å². The van der Waals surface area contributed by atoms with Crippen molar-refractivity contribution in [2.24, 2.45) is 5.73 Å². The zero-order valence-electron chi connectivity index (χ0n) is 19.3. The largest absolute Gasteiger partial charge is 0.370 e. The number of benzene rings is 2. The first-order chi connectivity index (χ1) is 16.1. The Kier molecular flexibility index (Phi) is 7.96. The fourth-order valence-electron chi connectivity index (χ4n) is 4.88. The fourth-order valence-corrected chi connectivity index (χ4v) is 4.88. The highest BCUT2D eigenvalue weighted by molar-refractivity contribution is 5.92. The van der Waals surface area contributed by atoms with E-state index in [0.717, 1.165) is 64.2 Å². The van der Waals surface area contributed by atoms with Crippen LogP contribution in [0, 0.1) is 0 Å². The lowest BCUT2D eigenvalue weighted by Gasteiger charge is -2.36. The van der Waals surface area contributed by atoms with Gasteiger partial charge in [0.2, 0.25) is 11.8 Å². The second-order valence-corrected chi connectivity index (χ2v) is 9.13. The van der Waals surface area contributed by atoms with Gasteiger partial charge in [-0.25, -0.2) is 0 Å². The van der Waals surface area contributed by atoms with E-state index in [2.05, 4.69) is 62.5 Å². The molecule has 0 spiro atoms. The number of carbonyl (C=O) groups is 2. The summed E-state index contributed by atoms with van der Waals surface area (Å²) in [4.78, 5) is 30.9. The van der Waals surface area contributed by atoms with Crippen LogP contribution < -0.4 is 16.0 Å². The molecule has 4 rings (SSSR count). The van der Waals surface area contributed by atoms with Gasteiger partial charge in [0.25, 0.3) is 0 Å². The summed E-state index contributed by atoms with van der Waals surface area (Å²) in [6, 6.07) is 18.8. The molecule has 0 aliphatic carbocycles. The van der Waals surface area contributed by atoms with Crippen LogP contribution in [0.5, 0.6) is 0 Å². The van der Waals surface area contributed by atoms with Gasteiger partial charge in [-0.05, 0) is 49.2 Å². The molecule has 0 aromatic heterocycles. The molecule has 0 bridgehead atoms. The molecule has 7 nitrogen and oxygen atoms in total. The number of primary amides is 1. The number of nitrogens with one attached hydrogen (secondary N) is 1. The van der Waals surface area contributed by atoms with E-state index in [4.69, 9.17) is 5.73 Å². The van der Waals surface area contributed by atoms with Crippen LogP contribution >= 0.6 is 0 Å². The van der Waals surface area contributed by atoms with Crippen molar-refractivity contribution in [2.75, 3.05) is 49.5 Å². The number of amides is 2. The molecule has 2 aromatic carbocycles. The predicted octanol–water partition coefficient (Wildman–Crippen LogP) is 2.68. The Bertz CT molecular complexity index is 910. The van der Waals surface area contributed by atoms with Crippen molar-refractivity contribution in [1.29, 1.82) is 0 Å². The average molecular weight is 450 g/mol. The molecular weight excluding hydrogens is 414 g/mol. The van der Waals surface area contributed by atoms with Crippen LogP contribution in [0.2, 0.25) is 0 Å². The van der Waals surface area contributed by atoms with Crippen LogP contribution in [-0.4, -0.2) is 66.9 Å². The van der Waals surface area contributed by atoms with E-state index in [-0.39, 0.29) is 17.9 Å². The summed E-state index contributed by atoms with van der Waals surface area (Å²) in [5.41, 5.74) is 8.73. The van der Waals surface area contributed by atoms with Gasteiger partial charge in [-0.15, -0.1) is 0 Å². The third-order valence-corrected chi connectivity index (χ3v) is 6.67. The minimum absolute atomic E-state index is 0.0475. The Hall–Kier alpha value is -2.90. The molecule has 2 amide bonds. The van der Waals surface area contributed by atoms with Crippen molar-refractivity contribution in [3.8, 4) is 0 Å². The molecule has 0 saturated carbocycles. The van der Waals surface area contributed by atoms with E-state index >= 15 is 0 Å². The van der Waals surface area contributed by atoms with Crippen molar-refractivity contribution < 1.29 is 9.59 Å². The maximum atomic E-state index is 12.6. The highest BCUT2D eigenvalue weighted by atomic mass is 16.2. The van der Waals surface area contributed by atoms with Crippen LogP contribution in [0.25, 0.3) is 0 Å². The third kappa shape index (κ3) is 6.79. The summed E-state index contributed by atoms with van der Waals surface area (Å²) < 4.78 is 0. The van der Waals surface area contributed by atoms with E-state index in [9.17, 15) is 9.59 Å². The molecule has 1 unspecified atom stereocenters. The minimum atomic E-state index is -0.302. The molecule has 3 N–H and O–H groups in total. The highest BCUT2D eigenvalue weighted by Crippen LogP contribution is 2.22. The zero-order valence-corrected chi connectivity index (χ0v) is 19.3. The fraction of sp³-hybridized carbons (Fsp3) is 0.462. The molecule has 2 aliphatic heterocycles. The first-order valence-corrected chi connectivity index (χ1v) is 12.0. The van der Waals surface area contributed by atoms with E-state index in [1.54, 1.807) is 0 Å². The SMILES string of the molecule is NC(=O)CC1CCCCN1CC(=O)Nc1ccc(N2CCN(Cc3ccccc3)CC2)cc1. The number of piperazine rings is 1. The number of hydrogen-bond acceptors (Lipinski definition) is 5. The summed E-state index contributed by atoms with van der Waals surface area (Å²) >= 11 is 0. The molecule has 2 heterocycles. The van der Waals surface area contributed by atoms with Crippen LogP contribution in [0.4, 0.5) is 11.4 Å². The van der Waals surface area contributed by atoms with Gasteiger partial charge in [0.1, 0.15) is 0 Å². The summed E-state index contributed by atoms with van der Waals surface area (Å²) in [5, 5.41) is 3.00. The summed E-state index contributed by atoms with van der Waals surface area (Å²) in [6.07, 6.45) is 3.37.